The van der Waals surface area contributed by atoms with Gasteiger partial charge in [0, 0.05) is 4.47 Å². The number of halogens is 1. The Morgan fingerprint density at radius 1 is 1.07 bits per heavy atom. The first kappa shape index (κ1) is 9.17. The molecule has 15 heavy (non-hydrogen) atoms. The highest BCUT2D eigenvalue weighted by Gasteiger charge is 2.10. The van der Waals surface area contributed by atoms with Gasteiger partial charge < -0.3 is 0 Å². The maximum absolute atomic E-state index is 3.65. The van der Waals surface area contributed by atoms with Crippen LogP contribution in [0.15, 0.2) is 40.9 Å². The van der Waals surface area contributed by atoms with Gasteiger partial charge in [-0.25, -0.2) is 0 Å². The molecular weight excluding hydrogens is 248 g/mol. The maximum atomic E-state index is 3.65. The molecule has 0 heterocycles. The SMILES string of the molecule is Brc1cc2c(c3ccccc13)C=CCC2. The minimum Gasteiger partial charge on any atom is -0.0836 e. The number of rotatable bonds is 0. The van der Waals surface area contributed by atoms with Gasteiger partial charge >= 0.3 is 0 Å². The van der Waals surface area contributed by atoms with Crippen LogP contribution in [0.3, 0.4) is 0 Å². The van der Waals surface area contributed by atoms with Gasteiger partial charge in [-0.1, -0.05) is 52.3 Å². The van der Waals surface area contributed by atoms with E-state index in [1.807, 2.05) is 0 Å². The van der Waals surface area contributed by atoms with E-state index in [0.717, 1.165) is 12.8 Å². The Morgan fingerprint density at radius 2 is 1.87 bits per heavy atom. The second kappa shape index (κ2) is 3.49. The van der Waals surface area contributed by atoms with Gasteiger partial charge in [0.1, 0.15) is 0 Å². The molecule has 0 aliphatic heterocycles. The van der Waals surface area contributed by atoms with Gasteiger partial charge in [0.15, 0.2) is 0 Å². The van der Waals surface area contributed by atoms with Crippen LogP contribution in [0.4, 0.5) is 0 Å². The number of aryl methyl sites for hydroxylation is 1. The van der Waals surface area contributed by atoms with Crippen molar-refractivity contribution >= 4 is 32.8 Å². The lowest BCUT2D eigenvalue weighted by atomic mass is 9.92. The number of hydrogen-bond acceptors (Lipinski definition) is 0. The Balaban J connectivity index is 2.46. The summed E-state index contributed by atoms with van der Waals surface area (Å²) < 4.78 is 1.21. The summed E-state index contributed by atoms with van der Waals surface area (Å²) in [7, 11) is 0. The van der Waals surface area contributed by atoms with Crippen molar-refractivity contribution in [1.82, 2.24) is 0 Å². The molecule has 1 heteroatoms. The van der Waals surface area contributed by atoms with Gasteiger partial charge in [0.05, 0.1) is 0 Å². The van der Waals surface area contributed by atoms with E-state index in [0.29, 0.717) is 0 Å². The molecule has 0 radical (unpaired) electrons. The summed E-state index contributed by atoms with van der Waals surface area (Å²) in [5.74, 6) is 0. The van der Waals surface area contributed by atoms with Crippen LogP contribution in [0.1, 0.15) is 17.5 Å². The smallest absolute Gasteiger partial charge is 0.0256 e. The van der Waals surface area contributed by atoms with E-state index in [4.69, 9.17) is 0 Å². The third-order valence-corrected chi connectivity index (χ3v) is 3.64. The molecule has 0 unspecified atom stereocenters. The van der Waals surface area contributed by atoms with Gasteiger partial charge in [0.25, 0.3) is 0 Å². The summed E-state index contributed by atoms with van der Waals surface area (Å²) in [5.41, 5.74) is 2.86. The summed E-state index contributed by atoms with van der Waals surface area (Å²) in [5, 5.41) is 2.67. The quantitative estimate of drug-likeness (QED) is 0.650. The predicted octanol–water partition coefficient (Wildman–Crippen LogP) is 4.56. The molecule has 0 fully saturated rings. The molecule has 0 aromatic heterocycles. The van der Waals surface area contributed by atoms with E-state index in [1.54, 1.807) is 0 Å². The molecule has 0 atom stereocenters. The van der Waals surface area contributed by atoms with Crippen LogP contribution in [0, 0.1) is 0 Å². The van der Waals surface area contributed by atoms with Crippen molar-refractivity contribution in [3.63, 3.8) is 0 Å². The topological polar surface area (TPSA) is 0 Å². The standard InChI is InChI=1S/C14H11Br/c15-14-9-10-5-1-2-6-11(10)12-7-3-4-8-13(12)14/h2-4,6-9H,1,5H2. The van der Waals surface area contributed by atoms with Crippen LogP contribution >= 0.6 is 15.9 Å². The summed E-state index contributed by atoms with van der Waals surface area (Å²) in [6.45, 7) is 0. The molecule has 0 saturated carbocycles. The van der Waals surface area contributed by atoms with E-state index in [1.165, 1.54) is 26.4 Å². The molecule has 3 rings (SSSR count). The van der Waals surface area contributed by atoms with Gasteiger partial charge in [-0.05, 0) is 40.8 Å². The fourth-order valence-electron chi connectivity index (χ4n) is 2.25. The maximum Gasteiger partial charge on any atom is 0.0256 e. The monoisotopic (exact) mass is 258 g/mol. The third kappa shape index (κ3) is 1.42. The van der Waals surface area contributed by atoms with Gasteiger partial charge in [-0.15, -0.1) is 0 Å². The van der Waals surface area contributed by atoms with Gasteiger partial charge in [-0.3, -0.25) is 0 Å². The van der Waals surface area contributed by atoms with E-state index < -0.39 is 0 Å². The molecule has 0 amide bonds. The normalized spacial score (nSPS) is 14.2. The van der Waals surface area contributed by atoms with Crippen LogP contribution in [-0.2, 0) is 6.42 Å². The number of allylic oxidation sites excluding steroid dienone is 1. The first-order chi connectivity index (χ1) is 7.36. The van der Waals surface area contributed by atoms with E-state index in [2.05, 4.69) is 58.4 Å². The van der Waals surface area contributed by atoms with E-state index in [-0.39, 0.29) is 0 Å². The molecule has 0 spiro atoms. The zero-order chi connectivity index (χ0) is 10.3. The molecule has 2 aromatic carbocycles. The van der Waals surface area contributed by atoms with Crippen molar-refractivity contribution in [3.8, 4) is 0 Å². The van der Waals surface area contributed by atoms with Crippen molar-refractivity contribution in [2.24, 2.45) is 0 Å². The average molecular weight is 259 g/mol. The summed E-state index contributed by atoms with van der Waals surface area (Å²) in [4.78, 5) is 0. The Hall–Kier alpha value is -1.08. The summed E-state index contributed by atoms with van der Waals surface area (Å²) in [6, 6.07) is 10.8. The van der Waals surface area contributed by atoms with Crippen molar-refractivity contribution in [2.75, 3.05) is 0 Å². The molecule has 0 nitrogen and oxygen atoms in total. The van der Waals surface area contributed by atoms with Crippen LogP contribution in [0.25, 0.3) is 16.8 Å². The lowest BCUT2D eigenvalue weighted by Gasteiger charge is -2.14. The first-order valence-corrected chi connectivity index (χ1v) is 6.02. The van der Waals surface area contributed by atoms with Gasteiger partial charge in [-0.2, -0.15) is 0 Å². The first-order valence-electron chi connectivity index (χ1n) is 5.23. The number of fused-ring (bicyclic) bond motifs is 3. The molecule has 0 N–H and O–H groups in total. The minimum atomic E-state index is 1.16. The zero-order valence-corrected chi connectivity index (χ0v) is 9.92. The second-order valence-corrected chi connectivity index (χ2v) is 4.77. The third-order valence-electron chi connectivity index (χ3n) is 2.99. The fraction of sp³-hybridized carbons (Fsp3) is 0.143. The van der Waals surface area contributed by atoms with Crippen molar-refractivity contribution in [1.29, 1.82) is 0 Å². The van der Waals surface area contributed by atoms with Crippen molar-refractivity contribution in [2.45, 2.75) is 12.8 Å². The highest BCUT2D eigenvalue weighted by Crippen LogP contribution is 2.33. The Morgan fingerprint density at radius 3 is 2.73 bits per heavy atom. The lowest BCUT2D eigenvalue weighted by molar-refractivity contribution is 0.988. The predicted molar refractivity (Wildman–Crippen MR) is 69.0 cm³/mol. The lowest BCUT2D eigenvalue weighted by Crippen LogP contribution is -1.95. The average Bonchev–Trinajstić information content (AvgIpc) is 2.30. The number of benzene rings is 2. The van der Waals surface area contributed by atoms with E-state index >= 15 is 0 Å². The molecular formula is C14H11Br. The Labute approximate surface area is 97.7 Å². The Kier molecular flexibility index (Phi) is 2.14. The fourth-order valence-corrected chi connectivity index (χ4v) is 2.87. The molecule has 1 aliphatic carbocycles. The van der Waals surface area contributed by atoms with Crippen LogP contribution in [0.5, 0.6) is 0 Å². The van der Waals surface area contributed by atoms with Crippen LogP contribution < -0.4 is 0 Å². The highest BCUT2D eigenvalue weighted by atomic mass is 79.9. The number of hydrogen-bond donors (Lipinski definition) is 0. The van der Waals surface area contributed by atoms with Gasteiger partial charge in [0.2, 0.25) is 0 Å². The molecule has 1 aliphatic rings. The van der Waals surface area contributed by atoms with Crippen molar-refractivity contribution < 1.29 is 0 Å². The summed E-state index contributed by atoms with van der Waals surface area (Å²) in [6.07, 6.45) is 6.85. The molecule has 0 bridgehead atoms. The van der Waals surface area contributed by atoms with E-state index in [9.17, 15) is 0 Å². The second-order valence-electron chi connectivity index (χ2n) is 3.92. The van der Waals surface area contributed by atoms with Crippen molar-refractivity contribution in [3.05, 3.63) is 52.0 Å². The minimum absolute atomic E-state index is 1.16. The van der Waals surface area contributed by atoms with Crippen LogP contribution in [0.2, 0.25) is 0 Å². The molecule has 2 aromatic rings. The zero-order valence-electron chi connectivity index (χ0n) is 8.33. The van der Waals surface area contributed by atoms with Crippen LogP contribution in [-0.4, -0.2) is 0 Å². The Bertz CT molecular complexity index is 553. The highest BCUT2D eigenvalue weighted by molar-refractivity contribution is 9.10. The largest absolute Gasteiger partial charge is 0.0836 e. The summed E-state index contributed by atoms with van der Waals surface area (Å²) >= 11 is 3.65. The molecule has 74 valence electrons. The molecule has 0 saturated heterocycles.